The first-order chi connectivity index (χ1) is 9.65. The molecule has 2 N–H and O–H groups in total. The van der Waals surface area contributed by atoms with E-state index in [4.69, 9.17) is 5.11 Å². The molecule has 2 atom stereocenters. The first-order valence-corrected chi connectivity index (χ1v) is 7.17. The van der Waals surface area contributed by atoms with E-state index in [-0.39, 0.29) is 12.5 Å². The van der Waals surface area contributed by atoms with Crippen LogP contribution in [0.4, 0.5) is 0 Å². The first-order valence-electron chi connectivity index (χ1n) is 7.17. The largest absolute Gasteiger partial charge is 0.384 e. The molecule has 0 aromatic heterocycles. The molecule has 1 saturated carbocycles. The molecule has 3 nitrogen and oxygen atoms in total. The number of carbonyl (C=O) groups excluding carboxylic acids is 1. The van der Waals surface area contributed by atoms with Crippen molar-refractivity contribution in [3.05, 3.63) is 34.9 Å². The predicted octanol–water partition coefficient (Wildman–Crippen LogP) is 2.26. The Morgan fingerprint density at radius 2 is 2.30 bits per heavy atom. The molecule has 0 aliphatic heterocycles. The molecule has 0 spiro atoms. The van der Waals surface area contributed by atoms with Crippen LogP contribution in [0.25, 0.3) is 0 Å². The van der Waals surface area contributed by atoms with Gasteiger partial charge in [-0.1, -0.05) is 31.3 Å². The molecule has 0 bridgehead atoms. The minimum Gasteiger partial charge on any atom is -0.384 e. The summed E-state index contributed by atoms with van der Waals surface area (Å²) in [6.07, 6.45) is 3.42. The number of benzene rings is 1. The summed E-state index contributed by atoms with van der Waals surface area (Å²) in [7, 11) is 0. The molecule has 3 heteroatoms. The molecule has 106 valence electrons. The van der Waals surface area contributed by atoms with E-state index in [0.29, 0.717) is 23.1 Å². The van der Waals surface area contributed by atoms with Gasteiger partial charge in [0.2, 0.25) is 0 Å². The van der Waals surface area contributed by atoms with Crippen molar-refractivity contribution in [2.75, 3.05) is 6.61 Å². The number of hydrogen-bond acceptors (Lipinski definition) is 2. The minimum atomic E-state index is -0.198. The van der Waals surface area contributed by atoms with Gasteiger partial charge >= 0.3 is 0 Å². The third-order valence-corrected chi connectivity index (χ3v) is 3.62. The number of nitrogens with one attached hydrogen (secondary N) is 1. The van der Waals surface area contributed by atoms with E-state index in [9.17, 15) is 4.79 Å². The highest BCUT2D eigenvalue weighted by Crippen LogP contribution is 2.34. The van der Waals surface area contributed by atoms with Gasteiger partial charge in [0.15, 0.2) is 0 Å². The molecule has 1 aliphatic carbocycles. The summed E-state index contributed by atoms with van der Waals surface area (Å²) in [6, 6.07) is 5.93. The van der Waals surface area contributed by atoms with E-state index < -0.39 is 0 Å². The molecule has 1 aliphatic rings. The number of hydrogen-bond donors (Lipinski definition) is 2. The number of amides is 1. The highest BCUT2D eigenvalue weighted by molar-refractivity contribution is 5.97. The maximum atomic E-state index is 12.3. The van der Waals surface area contributed by atoms with Crippen molar-refractivity contribution < 1.29 is 9.90 Å². The summed E-state index contributed by atoms with van der Waals surface area (Å²) in [5.74, 6) is 6.05. The van der Waals surface area contributed by atoms with Gasteiger partial charge in [-0.2, -0.15) is 0 Å². The van der Waals surface area contributed by atoms with Crippen LogP contribution in [0.2, 0.25) is 0 Å². The SMILES string of the molecule is CCCC1CC1NC(=O)c1ccc(C)cc1C#CCO. The van der Waals surface area contributed by atoms with Gasteiger partial charge in [0.1, 0.15) is 6.61 Å². The molecule has 1 fully saturated rings. The molecule has 0 radical (unpaired) electrons. The lowest BCUT2D eigenvalue weighted by molar-refractivity contribution is 0.0948. The standard InChI is InChI=1S/C17H21NO2/c1-3-5-14-11-16(14)18-17(20)15-8-7-12(2)10-13(15)6-4-9-19/h7-8,10,14,16,19H,3,5,9,11H2,1-2H3,(H,18,20). The second kappa shape index (κ2) is 6.58. The fraction of sp³-hybridized carbons (Fsp3) is 0.471. The monoisotopic (exact) mass is 271 g/mol. The fourth-order valence-corrected chi connectivity index (χ4v) is 2.45. The van der Waals surface area contributed by atoms with Crippen molar-refractivity contribution in [2.45, 2.75) is 39.2 Å². The smallest absolute Gasteiger partial charge is 0.252 e. The van der Waals surface area contributed by atoms with Crippen molar-refractivity contribution in [1.29, 1.82) is 0 Å². The summed E-state index contributed by atoms with van der Waals surface area (Å²) in [4.78, 5) is 12.3. The third kappa shape index (κ3) is 3.61. The summed E-state index contributed by atoms with van der Waals surface area (Å²) in [5.41, 5.74) is 2.34. The van der Waals surface area contributed by atoms with Crippen LogP contribution in [0.1, 0.15) is 47.7 Å². The second-order valence-electron chi connectivity index (χ2n) is 5.37. The Morgan fingerprint density at radius 3 is 3.00 bits per heavy atom. The van der Waals surface area contributed by atoms with E-state index >= 15 is 0 Å². The van der Waals surface area contributed by atoms with Crippen LogP contribution in [0.15, 0.2) is 18.2 Å². The summed E-state index contributed by atoms with van der Waals surface area (Å²) in [5, 5.41) is 11.9. The summed E-state index contributed by atoms with van der Waals surface area (Å²) in [6.45, 7) is 3.93. The third-order valence-electron chi connectivity index (χ3n) is 3.62. The Labute approximate surface area is 120 Å². The highest BCUT2D eigenvalue weighted by Gasteiger charge is 2.37. The number of aliphatic hydroxyl groups excluding tert-OH is 1. The molecule has 0 saturated heterocycles. The fourth-order valence-electron chi connectivity index (χ4n) is 2.45. The van der Waals surface area contributed by atoms with Gasteiger partial charge < -0.3 is 10.4 Å². The summed E-state index contributed by atoms with van der Waals surface area (Å²) < 4.78 is 0. The normalized spacial score (nSPS) is 19.9. The van der Waals surface area contributed by atoms with Gasteiger partial charge in [-0.25, -0.2) is 0 Å². The number of aliphatic hydroxyl groups is 1. The highest BCUT2D eigenvalue weighted by atomic mass is 16.2. The first kappa shape index (κ1) is 14.6. The Morgan fingerprint density at radius 1 is 1.50 bits per heavy atom. The van der Waals surface area contributed by atoms with E-state index in [1.807, 2.05) is 25.1 Å². The Bertz CT molecular complexity index is 554. The zero-order valence-corrected chi connectivity index (χ0v) is 12.1. The molecular formula is C17H21NO2. The zero-order chi connectivity index (χ0) is 14.5. The molecule has 0 heterocycles. The van der Waals surface area contributed by atoms with Crippen LogP contribution in [0.5, 0.6) is 0 Å². The van der Waals surface area contributed by atoms with Crippen LogP contribution >= 0.6 is 0 Å². The zero-order valence-electron chi connectivity index (χ0n) is 12.1. The van der Waals surface area contributed by atoms with Crippen LogP contribution < -0.4 is 5.32 Å². The molecule has 20 heavy (non-hydrogen) atoms. The minimum absolute atomic E-state index is 0.0594. The van der Waals surface area contributed by atoms with Crippen LogP contribution in [-0.4, -0.2) is 23.7 Å². The molecule has 2 rings (SSSR count). The molecular weight excluding hydrogens is 250 g/mol. The topological polar surface area (TPSA) is 49.3 Å². The molecule has 1 aromatic carbocycles. The summed E-state index contributed by atoms with van der Waals surface area (Å²) >= 11 is 0. The van der Waals surface area contributed by atoms with Crippen molar-refractivity contribution in [3.63, 3.8) is 0 Å². The van der Waals surface area contributed by atoms with Crippen molar-refractivity contribution in [2.24, 2.45) is 5.92 Å². The maximum absolute atomic E-state index is 12.3. The van der Waals surface area contributed by atoms with Crippen LogP contribution in [-0.2, 0) is 0 Å². The lowest BCUT2D eigenvalue weighted by Crippen LogP contribution is -2.27. The van der Waals surface area contributed by atoms with Gasteiger partial charge in [0, 0.05) is 11.6 Å². The lowest BCUT2D eigenvalue weighted by atomic mass is 10.0. The lowest BCUT2D eigenvalue weighted by Gasteiger charge is -2.07. The quantitative estimate of drug-likeness (QED) is 0.825. The van der Waals surface area contributed by atoms with E-state index in [1.54, 1.807) is 0 Å². The van der Waals surface area contributed by atoms with Gasteiger partial charge in [-0.15, -0.1) is 0 Å². The average Bonchev–Trinajstić information content (AvgIpc) is 3.14. The van der Waals surface area contributed by atoms with Gasteiger partial charge in [0.05, 0.1) is 5.56 Å². The van der Waals surface area contributed by atoms with Gasteiger partial charge in [-0.05, 0) is 43.4 Å². The van der Waals surface area contributed by atoms with Gasteiger partial charge in [-0.3, -0.25) is 4.79 Å². The van der Waals surface area contributed by atoms with E-state index in [0.717, 1.165) is 18.4 Å². The molecule has 2 unspecified atom stereocenters. The van der Waals surface area contributed by atoms with E-state index in [2.05, 4.69) is 24.1 Å². The number of carbonyl (C=O) groups is 1. The van der Waals surface area contributed by atoms with Crippen LogP contribution in [0, 0.1) is 24.7 Å². The van der Waals surface area contributed by atoms with Crippen molar-refractivity contribution in [1.82, 2.24) is 5.32 Å². The number of rotatable bonds is 4. The molecule has 1 amide bonds. The Kier molecular flexibility index (Phi) is 4.81. The second-order valence-corrected chi connectivity index (χ2v) is 5.37. The molecule has 1 aromatic rings. The predicted molar refractivity (Wildman–Crippen MR) is 79.4 cm³/mol. The average molecular weight is 271 g/mol. The van der Waals surface area contributed by atoms with E-state index in [1.165, 1.54) is 6.42 Å². The van der Waals surface area contributed by atoms with Crippen molar-refractivity contribution in [3.8, 4) is 11.8 Å². The Balaban J connectivity index is 2.09. The van der Waals surface area contributed by atoms with Gasteiger partial charge in [0.25, 0.3) is 5.91 Å². The van der Waals surface area contributed by atoms with Crippen LogP contribution in [0.3, 0.4) is 0 Å². The van der Waals surface area contributed by atoms with Crippen molar-refractivity contribution >= 4 is 5.91 Å². The maximum Gasteiger partial charge on any atom is 0.252 e. The number of aryl methyl sites for hydroxylation is 1. The Hall–Kier alpha value is -1.79.